The molecule has 4 heteroatoms. The van der Waals surface area contributed by atoms with Crippen LogP contribution in [0.2, 0.25) is 0 Å². The summed E-state index contributed by atoms with van der Waals surface area (Å²) < 4.78 is 0. The van der Waals surface area contributed by atoms with Gasteiger partial charge in [-0.3, -0.25) is 9.69 Å². The summed E-state index contributed by atoms with van der Waals surface area (Å²) >= 11 is 0. The number of hydrogen-bond donors (Lipinski definition) is 2. The van der Waals surface area contributed by atoms with Gasteiger partial charge in [0.05, 0.1) is 12.6 Å². The number of aliphatic carboxylic acids is 1. The van der Waals surface area contributed by atoms with Gasteiger partial charge in [0.25, 0.3) is 0 Å². The van der Waals surface area contributed by atoms with Gasteiger partial charge < -0.3 is 10.2 Å². The molecule has 0 bridgehead atoms. The van der Waals surface area contributed by atoms with Crippen molar-refractivity contribution in [3.63, 3.8) is 0 Å². The van der Waals surface area contributed by atoms with Gasteiger partial charge >= 0.3 is 5.97 Å². The first kappa shape index (κ1) is 9.48. The third kappa shape index (κ3) is 2.19. The molecule has 1 saturated carbocycles. The maximum atomic E-state index is 10.3. The van der Waals surface area contributed by atoms with Crippen LogP contribution < -0.4 is 0 Å². The lowest BCUT2D eigenvalue weighted by Crippen LogP contribution is -2.40. The van der Waals surface area contributed by atoms with Gasteiger partial charge in [0.1, 0.15) is 0 Å². The number of rotatable bonds is 3. The smallest absolute Gasteiger partial charge is 0.317 e. The fourth-order valence-electron chi connectivity index (χ4n) is 1.77. The molecule has 70 valence electrons. The van der Waals surface area contributed by atoms with Gasteiger partial charge in [-0.1, -0.05) is 0 Å². The van der Waals surface area contributed by atoms with Crippen LogP contribution in [0, 0.1) is 0 Å². The average Bonchev–Trinajstić information content (AvgIpc) is 2.33. The molecule has 2 N–H and O–H groups in total. The average molecular weight is 173 g/mol. The highest BCUT2D eigenvalue weighted by Crippen LogP contribution is 2.22. The number of hydrogen-bond acceptors (Lipinski definition) is 3. The van der Waals surface area contributed by atoms with Crippen LogP contribution >= 0.6 is 0 Å². The highest BCUT2D eigenvalue weighted by molar-refractivity contribution is 5.69. The van der Waals surface area contributed by atoms with Crippen LogP contribution in [0.4, 0.5) is 0 Å². The summed E-state index contributed by atoms with van der Waals surface area (Å²) in [6.45, 7) is 0.0156. The molecule has 1 rings (SSSR count). The van der Waals surface area contributed by atoms with E-state index in [9.17, 15) is 9.90 Å². The number of likely N-dealkylation sites (N-methyl/N-ethyl adjacent to an activating group) is 1. The molecule has 0 saturated heterocycles. The highest BCUT2D eigenvalue weighted by atomic mass is 16.4. The fourth-order valence-corrected chi connectivity index (χ4v) is 1.77. The van der Waals surface area contributed by atoms with Gasteiger partial charge in [0, 0.05) is 6.04 Å². The molecule has 0 radical (unpaired) electrons. The molecule has 0 aromatic heterocycles. The Kier molecular flexibility index (Phi) is 3.05. The molecule has 0 unspecified atom stereocenters. The minimum absolute atomic E-state index is 0.0156. The highest BCUT2D eigenvalue weighted by Gasteiger charge is 2.29. The van der Waals surface area contributed by atoms with Crippen molar-refractivity contribution in [2.45, 2.75) is 31.4 Å². The van der Waals surface area contributed by atoms with Gasteiger partial charge in [-0.05, 0) is 26.3 Å². The molecule has 0 aromatic carbocycles. The van der Waals surface area contributed by atoms with Crippen LogP contribution in [-0.4, -0.2) is 46.8 Å². The maximum Gasteiger partial charge on any atom is 0.317 e. The number of nitrogens with zero attached hydrogens (tertiary/aromatic N) is 1. The molecule has 0 heterocycles. The zero-order valence-electron chi connectivity index (χ0n) is 7.23. The Bertz CT molecular complexity index is 172. The van der Waals surface area contributed by atoms with Crippen molar-refractivity contribution >= 4 is 5.97 Å². The maximum absolute atomic E-state index is 10.3. The molecule has 0 aromatic rings. The molecular weight excluding hydrogens is 158 g/mol. The number of carboxylic acid groups (broad SMARTS) is 1. The Balaban J connectivity index is 2.40. The summed E-state index contributed by atoms with van der Waals surface area (Å²) in [4.78, 5) is 12.1. The van der Waals surface area contributed by atoms with Crippen LogP contribution in [-0.2, 0) is 4.79 Å². The Labute approximate surface area is 71.8 Å². The number of carbonyl (C=O) groups is 1. The largest absolute Gasteiger partial charge is 0.480 e. The SMILES string of the molecule is CN(CC(=O)O)[C@H]1CCC[C@@H]1O. The summed E-state index contributed by atoms with van der Waals surface area (Å²) in [5, 5.41) is 17.9. The zero-order valence-corrected chi connectivity index (χ0v) is 7.23. The van der Waals surface area contributed by atoms with Crippen molar-refractivity contribution in [3.8, 4) is 0 Å². The number of aliphatic hydroxyl groups is 1. The predicted octanol–water partition coefficient (Wildman–Crippen LogP) is -0.0838. The van der Waals surface area contributed by atoms with Gasteiger partial charge in [-0.15, -0.1) is 0 Å². The van der Waals surface area contributed by atoms with Crippen molar-refractivity contribution in [3.05, 3.63) is 0 Å². The zero-order chi connectivity index (χ0) is 9.14. The first-order chi connectivity index (χ1) is 5.61. The van der Waals surface area contributed by atoms with Crippen LogP contribution in [0.3, 0.4) is 0 Å². The fraction of sp³-hybridized carbons (Fsp3) is 0.875. The van der Waals surface area contributed by atoms with Crippen LogP contribution in [0.5, 0.6) is 0 Å². The first-order valence-electron chi connectivity index (χ1n) is 4.21. The van der Waals surface area contributed by atoms with Crippen LogP contribution in [0.15, 0.2) is 0 Å². The van der Waals surface area contributed by atoms with Gasteiger partial charge in [-0.2, -0.15) is 0 Å². The predicted molar refractivity (Wildman–Crippen MR) is 43.9 cm³/mol. The van der Waals surface area contributed by atoms with Crippen molar-refractivity contribution < 1.29 is 15.0 Å². The molecule has 2 atom stereocenters. The van der Waals surface area contributed by atoms with Crippen molar-refractivity contribution in [2.75, 3.05) is 13.6 Å². The third-order valence-corrected chi connectivity index (χ3v) is 2.39. The van der Waals surface area contributed by atoms with E-state index in [1.165, 1.54) is 0 Å². The van der Waals surface area contributed by atoms with Crippen LogP contribution in [0.1, 0.15) is 19.3 Å². The summed E-state index contributed by atoms with van der Waals surface area (Å²) in [5.41, 5.74) is 0. The van der Waals surface area contributed by atoms with Crippen molar-refractivity contribution in [1.82, 2.24) is 4.90 Å². The summed E-state index contributed by atoms with van der Waals surface area (Å²) in [6.07, 6.45) is 2.37. The van der Waals surface area contributed by atoms with Crippen molar-refractivity contribution in [1.29, 1.82) is 0 Å². The van der Waals surface area contributed by atoms with E-state index < -0.39 is 5.97 Å². The summed E-state index contributed by atoms with van der Waals surface area (Å²) in [6, 6.07) is 0.0427. The second-order valence-corrected chi connectivity index (χ2v) is 3.37. The Morgan fingerprint density at radius 2 is 2.25 bits per heavy atom. The molecule has 1 aliphatic carbocycles. The standard InChI is InChI=1S/C8H15NO3/c1-9(5-8(11)12)6-3-2-4-7(6)10/h6-7,10H,2-5H2,1H3,(H,11,12)/t6-,7-/m0/s1. The van der Waals surface area contributed by atoms with E-state index in [1.54, 1.807) is 11.9 Å². The summed E-state index contributed by atoms with van der Waals surface area (Å²) in [5.74, 6) is -0.836. The second-order valence-electron chi connectivity index (χ2n) is 3.37. The molecule has 1 aliphatic rings. The van der Waals surface area contributed by atoms with Gasteiger partial charge in [-0.25, -0.2) is 0 Å². The number of aliphatic hydroxyl groups excluding tert-OH is 1. The van der Waals surface area contributed by atoms with E-state index in [1.807, 2.05) is 0 Å². The lowest BCUT2D eigenvalue weighted by Gasteiger charge is -2.24. The lowest BCUT2D eigenvalue weighted by molar-refractivity contribution is -0.138. The minimum Gasteiger partial charge on any atom is -0.480 e. The van der Waals surface area contributed by atoms with E-state index in [4.69, 9.17) is 5.11 Å². The minimum atomic E-state index is -0.836. The van der Waals surface area contributed by atoms with E-state index in [0.29, 0.717) is 0 Å². The molecule has 12 heavy (non-hydrogen) atoms. The van der Waals surface area contributed by atoms with Gasteiger partial charge in [0.2, 0.25) is 0 Å². The van der Waals surface area contributed by atoms with Crippen LogP contribution in [0.25, 0.3) is 0 Å². The molecule has 0 aliphatic heterocycles. The lowest BCUT2D eigenvalue weighted by atomic mass is 10.2. The van der Waals surface area contributed by atoms with Crippen molar-refractivity contribution in [2.24, 2.45) is 0 Å². The third-order valence-electron chi connectivity index (χ3n) is 2.39. The monoisotopic (exact) mass is 173 g/mol. The topological polar surface area (TPSA) is 60.8 Å². The molecule has 0 spiro atoms. The summed E-state index contributed by atoms with van der Waals surface area (Å²) in [7, 11) is 1.74. The van der Waals surface area contributed by atoms with E-state index in [0.717, 1.165) is 19.3 Å². The van der Waals surface area contributed by atoms with E-state index >= 15 is 0 Å². The second kappa shape index (κ2) is 3.87. The number of carboxylic acids is 1. The Hall–Kier alpha value is -0.610. The van der Waals surface area contributed by atoms with E-state index in [2.05, 4.69) is 0 Å². The quantitative estimate of drug-likeness (QED) is 0.626. The Morgan fingerprint density at radius 1 is 1.58 bits per heavy atom. The molecule has 0 amide bonds. The molecule has 4 nitrogen and oxygen atoms in total. The Morgan fingerprint density at radius 3 is 2.67 bits per heavy atom. The van der Waals surface area contributed by atoms with E-state index in [-0.39, 0.29) is 18.7 Å². The molecular formula is C8H15NO3. The normalized spacial score (nSPS) is 29.6. The van der Waals surface area contributed by atoms with Gasteiger partial charge in [0.15, 0.2) is 0 Å². The molecule has 1 fully saturated rings. The first-order valence-corrected chi connectivity index (χ1v) is 4.21.